The van der Waals surface area contributed by atoms with Crippen LogP contribution in [0, 0.1) is 5.92 Å². The lowest BCUT2D eigenvalue weighted by molar-refractivity contribution is -0.154. The van der Waals surface area contributed by atoms with Crippen molar-refractivity contribution in [1.29, 1.82) is 0 Å². The molecule has 0 heterocycles. The van der Waals surface area contributed by atoms with Crippen LogP contribution >= 0.6 is 0 Å². The van der Waals surface area contributed by atoms with Crippen molar-refractivity contribution in [2.75, 3.05) is 0 Å². The number of ether oxygens (including phenoxy) is 1. The van der Waals surface area contributed by atoms with Crippen LogP contribution in [0.3, 0.4) is 0 Å². The first-order chi connectivity index (χ1) is 10.2. The Bertz CT molecular complexity index is 510. The van der Waals surface area contributed by atoms with Crippen LogP contribution in [0.15, 0.2) is 24.3 Å². The van der Waals surface area contributed by atoms with E-state index in [1.165, 1.54) is 12.5 Å². The predicted molar refractivity (Wildman–Crippen MR) is 84.6 cm³/mol. The Morgan fingerprint density at radius 1 is 1.14 bits per heavy atom. The van der Waals surface area contributed by atoms with Crippen LogP contribution in [0.25, 0.3) is 0 Å². The zero-order valence-corrected chi connectivity index (χ0v) is 13.6. The van der Waals surface area contributed by atoms with E-state index in [-0.39, 0.29) is 0 Å². The molecule has 1 rings (SSSR count). The summed E-state index contributed by atoms with van der Waals surface area (Å²) in [6, 6.07) is 6.61. The lowest BCUT2D eigenvalue weighted by atomic mass is 9.97. The standard InChI is InChI=1S/C17H25NO4/c1-10(2)9-13-5-7-14(8-6-13)11(3)17(21)22-12(4)15(18)16(19)20/h5-8,10-12,15H,9,18H2,1-4H3,(H,19,20)/t11-,12?,15?/m0/s1. The van der Waals surface area contributed by atoms with E-state index in [2.05, 4.69) is 13.8 Å². The summed E-state index contributed by atoms with van der Waals surface area (Å²) in [5, 5.41) is 8.81. The summed E-state index contributed by atoms with van der Waals surface area (Å²) >= 11 is 0. The van der Waals surface area contributed by atoms with Gasteiger partial charge >= 0.3 is 11.9 Å². The lowest BCUT2D eigenvalue weighted by Crippen LogP contribution is -2.43. The van der Waals surface area contributed by atoms with E-state index >= 15 is 0 Å². The van der Waals surface area contributed by atoms with Gasteiger partial charge in [0.25, 0.3) is 0 Å². The highest BCUT2D eigenvalue weighted by atomic mass is 16.5. The number of nitrogens with two attached hydrogens (primary N) is 1. The number of carboxylic acid groups (broad SMARTS) is 1. The number of carbonyl (C=O) groups is 2. The Kier molecular flexibility index (Phi) is 6.56. The molecule has 0 fully saturated rings. The molecule has 122 valence electrons. The van der Waals surface area contributed by atoms with Gasteiger partial charge in [-0.2, -0.15) is 0 Å². The van der Waals surface area contributed by atoms with Crippen molar-refractivity contribution in [1.82, 2.24) is 0 Å². The smallest absolute Gasteiger partial charge is 0.324 e. The third-order valence-corrected chi connectivity index (χ3v) is 3.57. The van der Waals surface area contributed by atoms with Crippen molar-refractivity contribution in [2.24, 2.45) is 11.7 Å². The van der Waals surface area contributed by atoms with Crippen molar-refractivity contribution in [2.45, 2.75) is 52.2 Å². The Hall–Kier alpha value is -1.88. The van der Waals surface area contributed by atoms with E-state index in [1.54, 1.807) is 6.92 Å². The van der Waals surface area contributed by atoms with Crippen molar-refractivity contribution >= 4 is 11.9 Å². The quantitative estimate of drug-likeness (QED) is 0.755. The maximum Gasteiger partial charge on any atom is 0.324 e. The maximum atomic E-state index is 12.1. The number of benzene rings is 1. The van der Waals surface area contributed by atoms with Crippen LogP contribution in [0.4, 0.5) is 0 Å². The first-order valence-electron chi connectivity index (χ1n) is 7.50. The second-order valence-electron chi connectivity index (χ2n) is 6.07. The minimum absolute atomic E-state index is 0.462. The van der Waals surface area contributed by atoms with Gasteiger partial charge < -0.3 is 15.6 Å². The van der Waals surface area contributed by atoms with Gasteiger partial charge in [-0.25, -0.2) is 0 Å². The molecule has 0 amide bonds. The van der Waals surface area contributed by atoms with Gasteiger partial charge in [0.2, 0.25) is 0 Å². The highest BCUT2D eigenvalue weighted by molar-refractivity contribution is 5.79. The number of aliphatic carboxylic acids is 1. The molecule has 2 unspecified atom stereocenters. The molecule has 22 heavy (non-hydrogen) atoms. The second-order valence-corrected chi connectivity index (χ2v) is 6.07. The summed E-state index contributed by atoms with van der Waals surface area (Å²) in [5.41, 5.74) is 7.50. The molecule has 1 aromatic rings. The Balaban J connectivity index is 2.68. The van der Waals surface area contributed by atoms with Gasteiger partial charge in [-0.3, -0.25) is 9.59 Å². The third kappa shape index (κ3) is 5.15. The molecule has 0 aromatic heterocycles. The molecule has 0 aliphatic rings. The average Bonchev–Trinajstić information content (AvgIpc) is 2.45. The highest BCUT2D eigenvalue weighted by Gasteiger charge is 2.26. The van der Waals surface area contributed by atoms with E-state index in [9.17, 15) is 9.59 Å². The number of carbonyl (C=O) groups excluding carboxylic acids is 1. The maximum absolute atomic E-state index is 12.1. The van der Waals surface area contributed by atoms with E-state index in [4.69, 9.17) is 15.6 Å². The number of hydrogen-bond acceptors (Lipinski definition) is 4. The Labute approximate surface area is 131 Å². The van der Waals surface area contributed by atoms with Gasteiger partial charge in [0.05, 0.1) is 5.92 Å². The second kappa shape index (κ2) is 7.94. The average molecular weight is 307 g/mol. The Morgan fingerprint density at radius 2 is 1.68 bits per heavy atom. The molecule has 0 aliphatic heterocycles. The zero-order valence-electron chi connectivity index (χ0n) is 13.6. The zero-order chi connectivity index (χ0) is 16.9. The fourth-order valence-corrected chi connectivity index (χ4v) is 2.11. The van der Waals surface area contributed by atoms with Gasteiger partial charge in [-0.05, 0) is 37.3 Å². The Morgan fingerprint density at radius 3 is 2.14 bits per heavy atom. The summed E-state index contributed by atoms with van der Waals surface area (Å²) in [5.74, 6) is -1.55. The van der Waals surface area contributed by atoms with Crippen LogP contribution in [0.2, 0.25) is 0 Å². The number of rotatable bonds is 7. The SMILES string of the molecule is CC(C)Cc1ccc([C@H](C)C(=O)OC(C)C(N)C(=O)O)cc1. The van der Waals surface area contributed by atoms with Crippen LogP contribution < -0.4 is 5.73 Å². The minimum atomic E-state index is -1.22. The molecular formula is C17H25NO4. The van der Waals surface area contributed by atoms with Crippen molar-refractivity contribution in [3.8, 4) is 0 Å². The molecule has 0 saturated heterocycles. The molecule has 0 bridgehead atoms. The van der Waals surface area contributed by atoms with Crippen LogP contribution in [-0.4, -0.2) is 29.2 Å². The van der Waals surface area contributed by atoms with E-state index < -0.39 is 30.0 Å². The third-order valence-electron chi connectivity index (χ3n) is 3.57. The molecule has 0 spiro atoms. The highest BCUT2D eigenvalue weighted by Crippen LogP contribution is 2.19. The van der Waals surface area contributed by atoms with Crippen molar-refractivity contribution < 1.29 is 19.4 Å². The first-order valence-corrected chi connectivity index (χ1v) is 7.50. The van der Waals surface area contributed by atoms with Crippen LogP contribution in [0.5, 0.6) is 0 Å². The summed E-state index contributed by atoms with van der Waals surface area (Å²) in [7, 11) is 0. The number of hydrogen-bond donors (Lipinski definition) is 2. The van der Waals surface area contributed by atoms with Gasteiger partial charge in [0.15, 0.2) is 0 Å². The summed E-state index contributed by atoms with van der Waals surface area (Å²) < 4.78 is 5.14. The van der Waals surface area contributed by atoms with Gasteiger partial charge in [0, 0.05) is 0 Å². The van der Waals surface area contributed by atoms with Gasteiger partial charge in [-0.15, -0.1) is 0 Å². The number of carboxylic acids is 1. The molecule has 1 aromatic carbocycles. The monoisotopic (exact) mass is 307 g/mol. The molecule has 0 aliphatic carbocycles. The molecule has 3 atom stereocenters. The topological polar surface area (TPSA) is 89.6 Å². The van der Waals surface area contributed by atoms with Crippen molar-refractivity contribution in [3.63, 3.8) is 0 Å². The normalized spacial score (nSPS) is 15.2. The minimum Gasteiger partial charge on any atom is -0.480 e. The molecule has 0 saturated carbocycles. The molecule has 5 heteroatoms. The van der Waals surface area contributed by atoms with Gasteiger partial charge in [0.1, 0.15) is 12.1 Å². The molecule has 5 nitrogen and oxygen atoms in total. The van der Waals surface area contributed by atoms with Gasteiger partial charge in [-0.1, -0.05) is 38.1 Å². The lowest BCUT2D eigenvalue weighted by Gasteiger charge is -2.19. The number of esters is 1. The van der Waals surface area contributed by atoms with Crippen molar-refractivity contribution in [3.05, 3.63) is 35.4 Å². The largest absolute Gasteiger partial charge is 0.480 e. The summed E-state index contributed by atoms with van der Waals surface area (Å²) in [6.07, 6.45) is 0.122. The van der Waals surface area contributed by atoms with Crippen LogP contribution in [0.1, 0.15) is 44.7 Å². The van der Waals surface area contributed by atoms with E-state index in [0.717, 1.165) is 12.0 Å². The van der Waals surface area contributed by atoms with Crippen LogP contribution in [-0.2, 0) is 20.7 Å². The first kappa shape index (κ1) is 18.2. The molecule has 0 radical (unpaired) electrons. The van der Waals surface area contributed by atoms with E-state index in [0.29, 0.717) is 5.92 Å². The predicted octanol–water partition coefficient (Wildman–Crippen LogP) is 2.33. The summed E-state index contributed by atoms with van der Waals surface area (Å²) in [4.78, 5) is 22.8. The van der Waals surface area contributed by atoms with E-state index in [1.807, 2.05) is 24.3 Å². The fourth-order valence-electron chi connectivity index (χ4n) is 2.11. The summed E-state index contributed by atoms with van der Waals surface area (Å²) in [6.45, 7) is 7.52. The molecular weight excluding hydrogens is 282 g/mol. The molecule has 3 N–H and O–H groups in total. The fraction of sp³-hybridized carbons (Fsp3) is 0.529.